The fourth-order valence-corrected chi connectivity index (χ4v) is 4.35. The maximum Gasteiger partial charge on any atom is 0.219 e. The third-order valence-corrected chi connectivity index (χ3v) is 6.00. The van der Waals surface area contributed by atoms with Gasteiger partial charge in [0.2, 0.25) is 11.8 Å². The molecule has 2 aliphatic heterocycles. The van der Waals surface area contributed by atoms with Gasteiger partial charge >= 0.3 is 0 Å². The Morgan fingerprint density at radius 2 is 1.93 bits per heavy atom. The third-order valence-electron chi connectivity index (χ3n) is 6.00. The van der Waals surface area contributed by atoms with Gasteiger partial charge in [0, 0.05) is 56.3 Å². The topological polar surface area (TPSA) is 64.1 Å². The molecule has 7 nitrogen and oxygen atoms in total. The van der Waals surface area contributed by atoms with Crippen molar-refractivity contribution in [3.63, 3.8) is 0 Å². The number of nitrogens with zero attached hydrogens (tertiary/aromatic N) is 3. The van der Waals surface area contributed by atoms with Crippen molar-refractivity contribution in [2.75, 3.05) is 40.5 Å². The molecule has 4 rings (SSSR count). The molecule has 1 fully saturated rings. The number of aromatic nitrogens is 1. The zero-order valence-electron chi connectivity index (χ0n) is 17.9. The lowest BCUT2D eigenvalue weighted by Gasteiger charge is -2.37. The molecule has 0 saturated carbocycles. The number of benzene rings is 1. The molecular weight excluding hydrogens is 382 g/mol. The van der Waals surface area contributed by atoms with E-state index in [2.05, 4.69) is 16.0 Å². The quantitative estimate of drug-likeness (QED) is 0.771. The summed E-state index contributed by atoms with van der Waals surface area (Å²) in [6, 6.07) is 10.3. The first kappa shape index (κ1) is 20.5. The second-order valence-corrected chi connectivity index (χ2v) is 7.79. The first-order valence-electron chi connectivity index (χ1n) is 10.4. The molecule has 0 unspecified atom stereocenters. The summed E-state index contributed by atoms with van der Waals surface area (Å²) >= 11 is 0. The standard InChI is InChI=1S/C23H29N3O4/c1-16(27)25-9-7-19(8-10-25)26-11-12-30-23-18(15-26)13-17(14-21(23)28-2)20-5-4-6-22(24-20)29-3/h4-6,13-14,19H,7-12,15H2,1-3H3. The van der Waals surface area contributed by atoms with Crippen LogP contribution in [0.3, 0.4) is 0 Å². The lowest BCUT2D eigenvalue weighted by Crippen LogP contribution is -2.46. The summed E-state index contributed by atoms with van der Waals surface area (Å²) in [6.45, 7) is 5.55. The molecule has 1 aromatic heterocycles. The molecule has 1 amide bonds. The Morgan fingerprint density at radius 3 is 2.63 bits per heavy atom. The molecule has 30 heavy (non-hydrogen) atoms. The van der Waals surface area contributed by atoms with Crippen molar-refractivity contribution in [1.82, 2.24) is 14.8 Å². The fourth-order valence-electron chi connectivity index (χ4n) is 4.35. The molecule has 1 saturated heterocycles. The molecule has 0 spiro atoms. The first-order valence-corrected chi connectivity index (χ1v) is 10.4. The molecule has 1 aromatic carbocycles. The SMILES string of the molecule is COc1cccc(-c2cc3c(c(OC)c2)OCCN(C2CCN(C(C)=O)CC2)C3)n1. The fraction of sp³-hybridized carbons (Fsp3) is 0.478. The molecule has 0 bridgehead atoms. The number of carbonyl (C=O) groups is 1. The van der Waals surface area contributed by atoms with Crippen LogP contribution in [0, 0.1) is 0 Å². The van der Waals surface area contributed by atoms with Gasteiger partial charge in [0.05, 0.1) is 19.9 Å². The lowest BCUT2D eigenvalue weighted by atomic mass is 10.0. The van der Waals surface area contributed by atoms with Gasteiger partial charge in [-0.3, -0.25) is 9.69 Å². The van der Waals surface area contributed by atoms with Crippen LogP contribution in [-0.4, -0.2) is 67.2 Å². The highest BCUT2D eigenvalue weighted by Crippen LogP contribution is 2.39. The molecule has 2 aliphatic rings. The molecule has 160 valence electrons. The summed E-state index contributed by atoms with van der Waals surface area (Å²) < 4.78 is 17.1. The van der Waals surface area contributed by atoms with Gasteiger partial charge in [-0.05, 0) is 31.0 Å². The number of amides is 1. The van der Waals surface area contributed by atoms with Gasteiger partial charge in [-0.15, -0.1) is 0 Å². The summed E-state index contributed by atoms with van der Waals surface area (Å²) in [6.07, 6.45) is 1.98. The zero-order chi connectivity index (χ0) is 21.1. The summed E-state index contributed by atoms with van der Waals surface area (Å²) in [5.41, 5.74) is 2.91. The van der Waals surface area contributed by atoms with Crippen molar-refractivity contribution in [3.8, 4) is 28.6 Å². The molecule has 7 heteroatoms. The smallest absolute Gasteiger partial charge is 0.219 e. The van der Waals surface area contributed by atoms with Crippen LogP contribution in [0.5, 0.6) is 17.4 Å². The van der Waals surface area contributed by atoms with Crippen LogP contribution in [0.1, 0.15) is 25.3 Å². The van der Waals surface area contributed by atoms with Gasteiger partial charge in [0.25, 0.3) is 0 Å². The number of pyridine rings is 1. The van der Waals surface area contributed by atoms with Crippen LogP contribution in [0.2, 0.25) is 0 Å². The van der Waals surface area contributed by atoms with Gasteiger partial charge in [-0.25, -0.2) is 4.98 Å². The highest BCUT2D eigenvalue weighted by Gasteiger charge is 2.29. The largest absolute Gasteiger partial charge is 0.493 e. The average Bonchev–Trinajstić information content (AvgIpc) is 3.01. The Balaban J connectivity index is 1.61. The molecule has 0 radical (unpaired) electrons. The Labute approximate surface area is 177 Å². The van der Waals surface area contributed by atoms with Gasteiger partial charge in [-0.1, -0.05) is 6.07 Å². The van der Waals surface area contributed by atoms with E-state index in [0.29, 0.717) is 18.5 Å². The van der Waals surface area contributed by atoms with Crippen molar-refractivity contribution < 1.29 is 19.0 Å². The second kappa shape index (κ2) is 8.92. The van der Waals surface area contributed by atoms with Crippen molar-refractivity contribution in [2.24, 2.45) is 0 Å². The minimum absolute atomic E-state index is 0.165. The molecule has 0 aliphatic carbocycles. The summed E-state index contributed by atoms with van der Waals surface area (Å²) in [5.74, 6) is 2.28. The van der Waals surface area contributed by atoms with Crippen molar-refractivity contribution in [1.29, 1.82) is 0 Å². The second-order valence-electron chi connectivity index (χ2n) is 7.79. The number of carbonyl (C=O) groups excluding carboxylic acids is 1. The van der Waals surface area contributed by atoms with Crippen LogP contribution in [0.15, 0.2) is 30.3 Å². The van der Waals surface area contributed by atoms with E-state index in [0.717, 1.165) is 67.3 Å². The van der Waals surface area contributed by atoms with Gasteiger partial charge in [-0.2, -0.15) is 0 Å². The predicted molar refractivity (Wildman–Crippen MR) is 114 cm³/mol. The van der Waals surface area contributed by atoms with E-state index in [9.17, 15) is 4.79 Å². The average molecular weight is 412 g/mol. The number of piperidine rings is 1. The van der Waals surface area contributed by atoms with Crippen LogP contribution in [0.25, 0.3) is 11.3 Å². The molecular formula is C23H29N3O4. The van der Waals surface area contributed by atoms with Gasteiger partial charge in [0.1, 0.15) is 6.61 Å². The van der Waals surface area contributed by atoms with Crippen LogP contribution in [0.4, 0.5) is 0 Å². The summed E-state index contributed by atoms with van der Waals surface area (Å²) in [5, 5.41) is 0. The molecule has 3 heterocycles. The Kier molecular flexibility index (Phi) is 6.08. The monoisotopic (exact) mass is 411 g/mol. The third kappa shape index (κ3) is 4.21. The highest BCUT2D eigenvalue weighted by atomic mass is 16.5. The van der Waals surface area contributed by atoms with Crippen molar-refractivity contribution in [2.45, 2.75) is 32.4 Å². The molecule has 2 aromatic rings. The Bertz CT molecular complexity index is 909. The van der Waals surface area contributed by atoms with Gasteiger partial charge in [0.15, 0.2) is 11.5 Å². The Hall–Kier alpha value is -2.80. The van der Waals surface area contributed by atoms with Crippen molar-refractivity contribution >= 4 is 5.91 Å². The Morgan fingerprint density at radius 1 is 1.13 bits per heavy atom. The molecule has 0 N–H and O–H groups in total. The minimum atomic E-state index is 0.165. The van der Waals surface area contributed by atoms with Crippen LogP contribution < -0.4 is 14.2 Å². The summed E-state index contributed by atoms with van der Waals surface area (Å²) in [4.78, 5) is 20.6. The number of likely N-dealkylation sites (tertiary alicyclic amines) is 1. The molecule has 0 atom stereocenters. The number of fused-ring (bicyclic) bond motifs is 1. The number of hydrogen-bond donors (Lipinski definition) is 0. The first-order chi connectivity index (χ1) is 14.6. The maximum absolute atomic E-state index is 11.7. The van der Waals surface area contributed by atoms with Gasteiger partial charge < -0.3 is 19.1 Å². The number of hydrogen-bond acceptors (Lipinski definition) is 6. The van der Waals surface area contributed by atoms with E-state index in [1.165, 1.54) is 0 Å². The number of ether oxygens (including phenoxy) is 3. The van der Waals surface area contributed by atoms with E-state index in [4.69, 9.17) is 14.2 Å². The van der Waals surface area contributed by atoms with Crippen molar-refractivity contribution in [3.05, 3.63) is 35.9 Å². The number of methoxy groups -OCH3 is 2. The van der Waals surface area contributed by atoms with E-state index in [-0.39, 0.29) is 5.91 Å². The highest BCUT2D eigenvalue weighted by molar-refractivity contribution is 5.73. The minimum Gasteiger partial charge on any atom is -0.493 e. The van der Waals surface area contributed by atoms with E-state index in [1.807, 2.05) is 29.2 Å². The van der Waals surface area contributed by atoms with E-state index >= 15 is 0 Å². The lowest BCUT2D eigenvalue weighted by molar-refractivity contribution is -0.130. The van der Waals surface area contributed by atoms with E-state index < -0.39 is 0 Å². The summed E-state index contributed by atoms with van der Waals surface area (Å²) in [7, 11) is 3.29. The zero-order valence-corrected chi connectivity index (χ0v) is 17.9. The normalized spacial score (nSPS) is 17.6. The predicted octanol–water partition coefficient (Wildman–Crippen LogP) is 2.97. The van der Waals surface area contributed by atoms with Crippen LogP contribution >= 0.6 is 0 Å². The van der Waals surface area contributed by atoms with E-state index in [1.54, 1.807) is 21.1 Å². The van der Waals surface area contributed by atoms with Crippen LogP contribution in [-0.2, 0) is 11.3 Å². The number of rotatable bonds is 4. The maximum atomic E-state index is 11.7.